The van der Waals surface area contributed by atoms with Crippen LogP contribution in [0.2, 0.25) is 0 Å². The largest absolute Gasteiger partial charge is 0.495 e. The molecule has 8 nitrogen and oxygen atoms in total. The van der Waals surface area contributed by atoms with Crippen LogP contribution in [-0.2, 0) is 19.6 Å². The number of anilines is 2. The van der Waals surface area contributed by atoms with Gasteiger partial charge in [0.1, 0.15) is 5.75 Å². The molecule has 0 saturated heterocycles. The molecular formula is C29H28N4O4. The molecule has 0 saturated carbocycles. The monoisotopic (exact) mass is 496 g/mol. The van der Waals surface area contributed by atoms with E-state index in [-0.39, 0.29) is 12.4 Å². The molecule has 1 aromatic heterocycles. The first-order valence-corrected chi connectivity index (χ1v) is 12.3. The van der Waals surface area contributed by atoms with E-state index < -0.39 is 0 Å². The van der Waals surface area contributed by atoms with Crippen LogP contribution in [0.1, 0.15) is 22.4 Å². The zero-order chi connectivity index (χ0) is 25.4. The molecule has 0 spiro atoms. The molecule has 3 aromatic carbocycles. The van der Waals surface area contributed by atoms with Crippen molar-refractivity contribution in [3.8, 4) is 17.2 Å². The fourth-order valence-corrected chi connectivity index (χ4v) is 4.97. The topological polar surface area (TPSA) is 69.1 Å². The second kappa shape index (κ2) is 9.63. The molecule has 0 N–H and O–H groups in total. The second-order valence-corrected chi connectivity index (χ2v) is 9.27. The minimum Gasteiger partial charge on any atom is -0.495 e. The predicted octanol–water partition coefficient (Wildman–Crippen LogP) is 4.45. The molecule has 2 aliphatic rings. The summed E-state index contributed by atoms with van der Waals surface area (Å²) < 4.78 is 18.5. The van der Waals surface area contributed by atoms with Crippen molar-refractivity contribution >= 4 is 11.6 Å². The molecular weight excluding hydrogens is 468 g/mol. The molecule has 0 radical (unpaired) electrons. The van der Waals surface area contributed by atoms with Gasteiger partial charge in [-0.05, 0) is 42.3 Å². The quantitative estimate of drug-likeness (QED) is 0.391. The van der Waals surface area contributed by atoms with Crippen molar-refractivity contribution in [3.05, 3.63) is 106 Å². The van der Waals surface area contributed by atoms with Gasteiger partial charge < -0.3 is 14.2 Å². The lowest BCUT2D eigenvalue weighted by molar-refractivity contribution is 0.173. The molecule has 4 aromatic rings. The molecule has 0 aliphatic carbocycles. The third kappa shape index (κ3) is 4.40. The van der Waals surface area contributed by atoms with Gasteiger partial charge in [0.25, 0.3) is 5.56 Å². The Hall–Kier alpha value is -4.30. The number of aromatic nitrogens is 2. The van der Waals surface area contributed by atoms with Crippen LogP contribution in [-0.4, -0.2) is 35.0 Å². The highest BCUT2D eigenvalue weighted by Crippen LogP contribution is 2.36. The van der Waals surface area contributed by atoms with E-state index >= 15 is 0 Å². The summed E-state index contributed by atoms with van der Waals surface area (Å²) in [5, 5.41) is 0. The van der Waals surface area contributed by atoms with Crippen LogP contribution in [0.5, 0.6) is 17.2 Å². The third-order valence-electron chi connectivity index (χ3n) is 6.82. The van der Waals surface area contributed by atoms with Gasteiger partial charge in [0, 0.05) is 18.5 Å². The van der Waals surface area contributed by atoms with Gasteiger partial charge >= 0.3 is 0 Å². The van der Waals surface area contributed by atoms with E-state index in [4.69, 9.17) is 19.2 Å². The first-order chi connectivity index (χ1) is 18.1. The molecule has 0 fully saturated rings. The minimum absolute atomic E-state index is 0.0263. The number of methoxy groups -OCH3 is 1. The van der Waals surface area contributed by atoms with E-state index in [0.29, 0.717) is 37.8 Å². The number of aryl methyl sites for hydroxylation is 1. The first-order valence-electron chi connectivity index (χ1n) is 12.3. The van der Waals surface area contributed by atoms with E-state index in [9.17, 15) is 4.79 Å². The number of hydrogen-bond acceptors (Lipinski definition) is 7. The van der Waals surface area contributed by atoms with Gasteiger partial charge in [-0.1, -0.05) is 48.5 Å². The Labute approximate surface area is 215 Å². The van der Waals surface area contributed by atoms with Gasteiger partial charge in [-0.2, -0.15) is 0 Å². The normalized spacial score (nSPS) is 14.5. The lowest BCUT2D eigenvalue weighted by atomic mass is 10.1. The highest BCUT2D eigenvalue weighted by Gasteiger charge is 2.30. The fourth-order valence-electron chi connectivity index (χ4n) is 4.97. The van der Waals surface area contributed by atoms with E-state index in [0.717, 1.165) is 39.8 Å². The SMILES string of the molecule is COc1ccccc1N1CN(Cc2ccc3c(c2)OCO3)Cn2c1nc(C)c(Cc1ccccc1)c2=O. The van der Waals surface area contributed by atoms with Crippen molar-refractivity contribution in [1.29, 1.82) is 0 Å². The van der Waals surface area contributed by atoms with Crippen LogP contribution < -0.4 is 24.7 Å². The maximum Gasteiger partial charge on any atom is 0.259 e. The summed E-state index contributed by atoms with van der Waals surface area (Å²) in [6, 6.07) is 23.8. The zero-order valence-electron chi connectivity index (χ0n) is 20.9. The molecule has 0 amide bonds. The Morgan fingerprint density at radius 1 is 0.919 bits per heavy atom. The van der Waals surface area contributed by atoms with E-state index in [1.165, 1.54) is 0 Å². The Morgan fingerprint density at radius 3 is 2.54 bits per heavy atom. The highest BCUT2D eigenvalue weighted by molar-refractivity contribution is 5.66. The molecule has 37 heavy (non-hydrogen) atoms. The minimum atomic E-state index is -0.0263. The van der Waals surface area contributed by atoms with Crippen molar-refractivity contribution in [2.24, 2.45) is 0 Å². The van der Waals surface area contributed by atoms with Crippen LogP contribution in [0.15, 0.2) is 77.6 Å². The van der Waals surface area contributed by atoms with Crippen LogP contribution in [0.3, 0.4) is 0 Å². The van der Waals surface area contributed by atoms with Crippen LogP contribution in [0.4, 0.5) is 11.6 Å². The lowest BCUT2D eigenvalue weighted by Gasteiger charge is -2.39. The molecule has 3 heterocycles. The van der Waals surface area contributed by atoms with Crippen molar-refractivity contribution in [3.63, 3.8) is 0 Å². The van der Waals surface area contributed by atoms with Crippen LogP contribution in [0.25, 0.3) is 0 Å². The van der Waals surface area contributed by atoms with Gasteiger partial charge in [0.05, 0.1) is 31.8 Å². The summed E-state index contributed by atoms with van der Waals surface area (Å²) in [5.74, 6) is 2.84. The van der Waals surface area contributed by atoms with Gasteiger partial charge in [-0.15, -0.1) is 0 Å². The molecule has 0 bridgehead atoms. The highest BCUT2D eigenvalue weighted by atomic mass is 16.7. The molecule has 6 rings (SSSR count). The molecule has 8 heteroatoms. The third-order valence-corrected chi connectivity index (χ3v) is 6.82. The van der Waals surface area contributed by atoms with Crippen LogP contribution >= 0.6 is 0 Å². The molecule has 188 valence electrons. The number of fused-ring (bicyclic) bond motifs is 2. The number of nitrogens with zero attached hydrogens (tertiary/aromatic N) is 4. The van der Waals surface area contributed by atoms with Gasteiger partial charge in [-0.3, -0.25) is 19.2 Å². The van der Waals surface area contributed by atoms with E-state index in [1.54, 1.807) is 11.7 Å². The Morgan fingerprint density at radius 2 is 1.70 bits per heavy atom. The number of para-hydroxylation sites is 2. The summed E-state index contributed by atoms with van der Waals surface area (Å²) in [5.41, 5.74) is 4.44. The Kier molecular flexibility index (Phi) is 6.02. The summed E-state index contributed by atoms with van der Waals surface area (Å²) in [6.45, 7) is 3.74. The van der Waals surface area contributed by atoms with E-state index in [1.807, 2.05) is 79.7 Å². The standard InChI is InChI=1S/C29H28N4O4/c1-20-23(14-21-8-4-3-5-9-21)28(34)33-18-31(16-22-12-13-26-27(15-22)37-19-36-26)17-32(29(33)30-20)24-10-6-7-11-25(24)35-2/h3-13,15H,14,16-19H2,1-2H3. The first kappa shape index (κ1) is 23.1. The Bertz CT molecular complexity index is 1500. The smallest absolute Gasteiger partial charge is 0.259 e. The average Bonchev–Trinajstić information content (AvgIpc) is 3.40. The molecule has 0 atom stereocenters. The summed E-state index contributed by atoms with van der Waals surface area (Å²) >= 11 is 0. The van der Waals surface area contributed by atoms with Crippen LogP contribution in [0, 0.1) is 6.92 Å². The van der Waals surface area contributed by atoms with Gasteiger partial charge in [0.2, 0.25) is 12.7 Å². The number of rotatable bonds is 6. The van der Waals surface area contributed by atoms with Crippen molar-refractivity contribution in [1.82, 2.24) is 14.5 Å². The number of hydrogen-bond donors (Lipinski definition) is 0. The Balaban J connectivity index is 1.42. The second-order valence-electron chi connectivity index (χ2n) is 9.27. The maximum atomic E-state index is 13.9. The fraction of sp³-hybridized carbons (Fsp3) is 0.241. The van der Waals surface area contributed by atoms with Crippen molar-refractivity contribution in [2.75, 3.05) is 25.5 Å². The van der Waals surface area contributed by atoms with Crippen molar-refractivity contribution < 1.29 is 14.2 Å². The lowest BCUT2D eigenvalue weighted by Crippen LogP contribution is -2.47. The zero-order valence-corrected chi connectivity index (χ0v) is 20.9. The summed E-state index contributed by atoms with van der Waals surface area (Å²) in [6.07, 6.45) is 0.537. The van der Waals surface area contributed by atoms with Crippen molar-refractivity contribution in [2.45, 2.75) is 26.6 Å². The van der Waals surface area contributed by atoms with Gasteiger partial charge in [0.15, 0.2) is 11.5 Å². The summed E-state index contributed by atoms with van der Waals surface area (Å²) in [4.78, 5) is 23.1. The van der Waals surface area contributed by atoms with E-state index in [2.05, 4.69) is 9.80 Å². The summed E-state index contributed by atoms with van der Waals surface area (Å²) in [7, 11) is 1.65. The predicted molar refractivity (Wildman–Crippen MR) is 141 cm³/mol. The molecule has 2 aliphatic heterocycles. The maximum absolute atomic E-state index is 13.9. The molecule has 0 unspecified atom stereocenters. The average molecular weight is 497 g/mol. The van der Waals surface area contributed by atoms with Gasteiger partial charge in [-0.25, -0.2) is 4.98 Å². The number of ether oxygens (including phenoxy) is 3. The number of benzene rings is 3.